The van der Waals surface area contributed by atoms with Crippen LogP contribution >= 0.6 is 23.1 Å². The van der Waals surface area contributed by atoms with Crippen LogP contribution in [0.25, 0.3) is 10.2 Å². The maximum absolute atomic E-state index is 12.6. The van der Waals surface area contributed by atoms with Gasteiger partial charge in [-0.25, -0.2) is 4.98 Å². The minimum Gasteiger partial charge on any atom is -0.467 e. The first-order chi connectivity index (χ1) is 13.0. The molecule has 3 heterocycles. The highest BCUT2D eigenvalue weighted by Gasteiger charge is 2.24. The molecule has 8 heteroatoms. The van der Waals surface area contributed by atoms with E-state index in [1.165, 1.54) is 22.2 Å². The summed E-state index contributed by atoms with van der Waals surface area (Å²) in [6.45, 7) is 4.39. The highest BCUT2D eigenvalue weighted by Crippen LogP contribution is 2.36. The van der Waals surface area contributed by atoms with Gasteiger partial charge in [0.15, 0.2) is 5.16 Å². The Bertz CT molecular complexity index is 1020. The molecule has 0 unspecified atom stereocenters. The Balaban J connectivity index is 1.50. The monoisotopic (exact) mass is 403 g/mol. The summed E-state index contributed by atoms with van der Waals surface area (Å²) in [4.78, 5) is 34.5. The van der Waals surface area contributed by atoms with Crippen molar-refractivity contribution in [3.8, 4) is 0 Å². The lowest BCUT2D eigenvalue weighted by Gasteiger charge is -2.17. The van der Waals surface area contributed by atoms with Crippen molar-refractivity contribution in [2.24, 2.45) is 5.92 Å². The summed E-state index contributed by atoms with van der Waals surface area (Å²) < 4.78 is 5.21. The standard InChI is InChI=1S/C19H21N3O3S2/c1-10-5-6-13-14(8-10)27-18-15(13)17(24)21-19(22-18)26-11(2)16(23)20-9-12-4-3-7-25-12/h3-4,7,10-11H,5-6,8-9H2,1-2H3,(H,20,23)(H,21,22,24)/t10-,11-/m0/s1. The number of aromatic amines is 1. The van der Waals surface area contributed by atoms with Crippen molar-refractivity contribution in [2.45, 2.75) is 50.1 Å². The number of carbonyl (C=O) groups is 1. The van der Waals surface area contributed by atoms with Gasteiger partial charge in [-0.2, -0.15) is 0 Å². The van der Waals surface area contributed by atoms with Gasteiger partial charge >= 0.3 is 0 Å². The van der Waals surface area contributed by atoms with Crippen LogP contribution < -0.4 is 10.9 Å². The lowest BCUT2D eigenvalue weighted by molar-refractivity contribution is -0.120. The van der Waals surface area contributed by atoms with Gasteiger partial charge in [0.05, 0.1) is 23.4 Å². The molecule has 0 aliphatic heterocycles. The van der Waals surface area contributed by atoms with Crippen LogP contribution in [-0.2, 0) is 24.2 Å². The molecule has 2 N–H and O–H groups in total. The van der Waals surface area contributed by atoms with E-state index < -0.39 is 0 Å². The summed E-state index contributed by atoms with van der Waals surface area (Å²) in [5.74, 6) is 1.22. The van der Waals surface area contributed by atoms with E-state index in [4.69, 9.17) is 4.42 Å². The lowest BCUT2D eigenvalue weighted by Crippen LogP contribution is -2.30. The Kier molecular flexibility index (Phi) is 5.10. The van der Waals surface area contributed by atoms with E-state index in [2.05, 4.69) is 22.2 Å². The summed E-state index contributed by atoms with van der Waals surface area (Å²) in [6, 6.07) is 3.59. The maximum atomic E-state index is 12.6. The number of fused-ring (bicyclic) bond motifs is 3. The molecule has 1 aliphatic rings. The number of hydrogen-bond donors (Lipinski definition) is 2. The van der Waals surface area contributed by atoms with Gasteiger partial charge in [-0.15, -0.1) is 11.3 Å². The van der Waals surface area contributed by atoms with Crippen molar-refractivity contribution in [2.75, 3.05) is 0 Å². The zero-order valence-corrected chi connectivity index (χ0v) is 16.8. The number of nitrogens with zero attached hydrogens (tertiary/aromatic N) is 1. The number of carbonyl (C=O) groups excluding carboxylic acids is 1. The van der Waals surface area contributed by atoms with Crippen LogP contribution in [0.1, 0.15) is 36.5 Å². The number of thioether (sulfide) groups is 1. The Hall–Kier alpha value is -2.06. The zero-order valence-electron chi connectivity index (χ0n) is 15.2. The highest BCUT2D eigenvalue weighted by molar-refractivity contribution is 8.00. The van der Waals surface area contributed by atoms with E-state index >= 15 is 0 Å². The number of hydrogen-bond acceptors (Lipinski definition) is 6. The molecule has 4 rings (SSSR count). The molecule has 0 aromatic carbocycles. The number of nitrogens with one attached hydrogen (secondary N) is 2. The molecule has 0 fully saturated rings. The van der Waals surface area contributed by atoms with Gasteiger partial charge in [0.25, 0.3) is 5.56 Å². The van der Waals surface area contributed by atoms with Crippen molar-refractivity contribution in [1.29, 1.82) is 0 Å². The number of aryl methyl sites for hydroxylation is 1. The van der Waals surface area contributed by atoms with E-state index in [1.807, 2.05) is 6.07 Å². The second-order valence-corrected chi connectivity index (χ2v) is 9.37. The zero-order chi connectivity index (χ0) is 19.0. The fourth-order valence-corrected chi connectivity index (χ4v) is 5.60. The van der Waals surface area contributed by atoms with Crippen LogP contribution in [-0.4, -0.2) is 21.1 Å². The summed E-state index contributed by atoms with van der Waals surface area (Å²) in [6.07, 6.45) is 4.65. The Morgan fingerprint density at radius 1 is 1.56 bits per heavy atom. The van der Waals surface area contributed by atoms with E-state index in [1.54, 1.807) is 30.6 Å². The van der Waals surface area contributed by atoms with Gasteiger partial charge in [0.2, 0.25) is 5.91 Å². The second kappa shape index (κ2) is 7.52. The first-order valence-corrected chi connectivity index (χ1v) is 10.7. The van der Waals surface area contributed by atoms with Crippen molar-refractivity contribution in [1.82, 2.24) is 15.3 Å². The van der Waals surface area contributed by atoms with Crippen molar-refractivity contribution in [3.05, 3.63) is 45.0 Å². The first kappa shape index (κ1) is 18.3. The van der Waals surface area contributed by atoms with E-state index in [-0.39, 0.29) is 16.7 Å². The highest BCUT2D eigenvalue weighted by atomic mass is 32.2. The van der Waals surface area contributed by atoms with Crippen LogP contribution in [0.5, 0.6) is 0 Å². The number of rotatable bonds is 5. The molecule has 1 aliphatic carbocycles. The minimum absolute atomic E-state index is 0.0993. The molecule has 142 valence electrons. The van der Waals surface area contributed by atoms with Crippen LogP contribution in [0.4, 0.5) is 0 Å². The van der Waals surface area contributed by atoms with Gasteiger partial charge in [-0.05, 0) is 49.8 Å². The van der Waals surface area contributed by atoms with E-state index in [9.17, 15) is 9.59 Å². The summed E-state index contributed by atoms with van der Waals surface area (Å²) in [5, 5.41) is 3.67. The van der Waals surface area contributed by atoms with Gasteiger partial charge in [0, 0.05) is 4.88 Å². The van der Waals surface area contributed by atoms with Gasteiger partial charge in [-0.3, -0.25) is 9.59 Å². The van der Waals surface area contributed by atoms with Gasteiger partial charge in [0.1, 0.15) is 10.6 Å². The molecule has 27 heavy (non-hydrogen) atoms. The number of thiophene rings is 1. The van der Waals surface area contributed by atoms with Crippen molar-refractivity contribution in [3.63, 3.8) is 0 Å². The minimum atomic E-state index is -0.379. The molecule has 6 nitrogen and oxygen atoms in total. The molecule has 2 atom stereocenters. The lowest BCUT2D eigenvalue weighted by atomic mass is 9.89. The molecule has 0 radical (unpaired) electrons. The van der Waals surface area contributed by atoms with Crippen LogP contribution in [0.15, 0.2) is 32.8 Å². The second-order valence-electron chi connectivity index (χ2n) is 6.96. The molecule has 3 aromatic heterocycles. The molecule has 0 saturated carbocycles. The first-order valence-electron chi connectivity index (χ1n) is 9.02. The predicted molar refractivity (Wildman–Crippen MR) is 107 cm³/mol. The third-order valence-corrected chi connectivity index (χ3v) is 6.95. The maximum Gasteiger partial charge on any atom is 0.260 e. The van der Waals surface area contributed by atoms with Crippen molar-refractivity contribution < 1.29 is 9.21 Å². The van der Waals surface area contributed by atoms with Crippen LogP contribution in [0.2, 0.25) is 0 Å². The summed E-state index contributed by atoms with van der Waals surface area (Å²) in [5.41, 5.74) is 1.07. The molecular formula is C19H21N3O3S2. The Labute approximate surface area is 164 Å². The average molecular weight is 404 g/mol. The smallest absolute Gasteiger partial charge is 0.260 e. The molecule has 0 saturated heterocycles. The van der Waals surface area contributed by atoms with E-state index in [0.717, 1.165) is 29.5 Å². The SMILES string of the molecule is C[C@H]1CCc2c(sc3nc(S[C@@H](C)C(=O)NCc4ccco4)[nH]c(=O)c23)C1. The summed E-state index contributed by atoms with van der Waals surface area (Å²) in [7, 11) is 0. The molecule has 3 aromatic rings. The van der Waals surface area contributed by atoms with Gasteiger partial charge < -0.3 is 14.7 Å². The fourth-order valence-electron chi connectivity index (χ4n) is 3.34. The molecule has 1 amide bonds. The van der Waals surface area contributed by atoms with Crippen LogP contribution in [0.3, 0.4) is 0 Å². The van der Waals surface area contributed by atoms with Gasteiger partial charge in [-0.1, -0.05) is 18.7 Å². The number of amides is 1. The predicted octanol–water partition coefficient (Wildman–Crippen LogP) is 3.50. The Morgan fingerprint density at radius 2 is 2.41 bits per heavy atom. The number of H-pyrrole nitrogens is 1. The third kappa shape index (κ3) is 3.82. The third-order valence-electron chi connectivity index (χ3n) is 4.82. The Morgan fingerprint density at radius 3 is 3.19 bits per heavy atom. The van der Waals surface area contributed by atoms with Crippen molar-refractivity contribution >= 4 is 39.2 Å². The normalized spacial score (nSPS) is 17.6. The number of furan rings is 1. The summed E-state index contributed by atoms with van der Waals surface area (Å²) >= 11 is 2.88. The number of aromatic nitrogens is 2. The largest absolute Gasteiger partial charge is 0.467 e. The molecule has 0 bridgehead atoms. The molecular weight excluding hydrogens is 382 g/mol. The van der Waals surface area contributed by atoms with E-state index in [0.29, 0.717) is 23.4 Å². The topological polar surface area (TPSA) is 88.0 Å². The molecule has 0 spiro atoms. The van der Waals surface area contributed by atoms with Crippen LogP contribution in [0, 0.1) is 5.92 Å². The average Bonchev–Trinajstić information content (AvgIpc) is 3.26. The quantitative estimate of drug-likeness (QED) is 0.503. The fraction of sp³-hybridized carbons (Fsp3) is 0.421.